The lowest BCUT2D eigenvalue weighted by atomic mass is 10.2. The van der Waals surface area contributed by atoms with E-state index >= 15 is 0 Å². The molecule has 0 amide bonds. The number of aromatic carboxylic acids is 1. The van der Waals surface area contributed by atoms with Crippen LogP contribution in [0.3, 0.4) is 0 Å². The summed E-state index contributed by atoms with van der Waals surface area (Å²) in [7, 11) is 0. The highest BCUT2D eigenvalue weighted by atomic mass is 35.5. The molecule has 4 aromatic rings. The van der Waals surface area contributed by atoms with Gasteiger partial charge in [-0.3, -0.25) is 0 Å². The minimum atomic E-state index is -0.972. The fourth-order valence-electron chi connectivity index (χ4n) is 3.15. The second kappa shape index (κ2) is 7.92. The number of nitrogens with zero attached hydrogens (tertiary/aromatic N) is 1. The Morgan fingerprint density at radius 1 is 0.929 bits per heavy atom. The van der Waals surface area contributed by atoms with Crippen molar-refractivity contribution in [3.05, 3.63) is 94.1 Å². The van der Waals surface area contributed by atoms with Crippen molar-refractivity contribution in [2.24, 2.45) is 0 Å². The van der Waals surface area contributed by atoms with Gasteiger partial charge >= 0.3 is 5.97 Å². The standard InChI is InChI=1S/C22H15Cl2NO2S/c23-15-8-6-14(7-9-15)13-25-19-12-16(24)10-11-18(19)21(20(25)22(26)27)28-17-4-2-1-3-5-17/h1-12H,13H2,(H,26,27). The molecule has 0 aliphatic carbocycles. The second-order valence-corrected chi connectivity index (χ2v) is 8.23. The van der Waals surface area contributed by atoms with Gasteiger partial charge in [-0.05, 0) is 42.0 Å². The molecule has 0 aliphatic heterocycles. The number of halogens is 2. The predicted molar refractivity (Wildman–Crippen MR) is 115 cm³/mol. The van der Waals surface area contributed by atoms with Crippen LogP contribution in [0.4, 0.5) is 0 Å². The van der Waals surface area contributed by atoms with Crippen molar-refractivity contribution < 1.29 is 9.90 Å². The Kier molecular flexibility index (Phi) is 5.36. The molecule has 140 valence electrons. The van der Waals surface area contributed by atoms with Crippen LogP contribution in [0, 0.1) is 0 Å². The van der Waals surface area contributed by atoms with E-state index in [1.54, 1.807) is 22.8 Å². The maximum Gasteiger partial charge on any atom is 0.353 e. The van der Waals surface area contributed by atoms with Gasteiger partial charge < -0.3 is 9.67 Å². The zero-order chi connectivity index (χ0) is 19.7. The summed E-state index contributed by atoms with van der Waals surface area (Å²) in [4.78, 5) is 13.9. The summed E-state index contributed by atoms with van der Waals surface area (Å²) in [6.45, 7) is 0.408. The number of benzene rings is 3. The first-order valence-corrected chi connectivity index (χ1v) is 10.1. The average Bonchev–Trinajstić information content (AvgIpc) is 2.97. The van der Waals surface area contributed by atoms with Gasteiger partial charge in [0.25, 0.3) is 0 Å². The highest BCUT2D eigenvalue weighted by Gasteiger charge is 2.23. The third kappa shape index (κ3) is 3.76. The van der Waals surface area contributed by atoms with E-state index in [9.17, 15) is 9.90 Å². The Labute approximate surface area is 176 Å². The molecule has 1 aromatic heterocycles. The van der Waals surface area contributed by atoms with E-state index in [-0.39, 0.29) is 5.69 Å². The molecular formula is C22H15Cl2NO2S. The highest BCUT2D eigenvalue weighted by molar-refractivity contribution is 7.99. The van der Waals surface area contributed by atoms with Crippen LogP contribution < -0.4 is 0 Å². The van der Waals surface area contributed by atoms with Crippen LogP contribution in [-0.2, 0) is 6.54 Å². The summed E-state index contributed by atoms with van der Waals surface area (Å²) in [5, 5.41) is 12.1. The Morgan fingerprint density at radius 2 is 1.61 bits per heavy atom. The van der Waals surface area contributed by atoms with Gasteiger partial charge in [-0.25, -0.2) is 4.79 Å². The van der Waals surface area contributed by atoms with Gasteiger partial charge in [0.05, 0.1) is 10.4 Å². The molecular weight excluding hydrogens is 413 g/mol. The second-order valence-electron chi connectivity index (χ2n) is 6.27. The smallest absolute Gasteiger partial charge is 0.353 e. The van der Waals surface area contributed by atoms with E-state index in [1.165, 1.54) is 11.8 Å². The minimum Gasteiger partial charge on any atom is -0.477 e. The van der Waals surface area contributed by atoms with Gasteiger partial charge in [-0.1, -0.05) is 71.4 Å². The molecule has 0 saturated heterocycles. The molecule has 1 heterocycles. The van der Waals surface area contributed by atoms with Gasteiger partial charge in [0, 0.05) is 26.9 Å². The summed E-state index contributed by atoms with van der Waals surface area (Å²) < 4.78 is 1.80. The van der Waals surface area contributed by atoms with Crippen molar-refractivity contribution in [3.63, 3.8) is 0 Å². The number of carboxylic acid groups (broad SMARTS) is 1. The molecule has 0 radical (unpaired) electrons. The summed E-state index contributed by atoms with van der Waals surface area (Å²) in [6.07, 6.45) is 0. The van der Waals surface area contributed by atoms with Crippen LogP contribution in [0.5, 0.6) is 0 Å². The molecule has 6 heteroatoms. The Bertz CT molecular complexity index is 1150. The lowest BCUT2D eigenvalue weighted by molar-refractivity contribution is 0.0682. The zero-order valence-electron chi connectivity index (χ0n) is 14.6. The van der Waals surface area contributed by atoms with E-state index < -0.39 is 5.97 Å². The van der Waals surface area contributed by atoms with Gasteiger partial charge in [0.2, 0.25) is 0 Å². The maximum absolute atomic E-state index is 12.2. The van der Waals surface area contributed by atoms with Gasteiger partial charge in [0.1, 0.15) is 5.69 Å². The van der Waals surface area contributed by atoms with Gasteiger partial charge in [-0.2, -0.15) is 0 Å². The number of carboxylic acids is 1. The highest BCUT2D eigenvalue weighted by Crippen LogP contribution is 2.39. The Morgan fingerprint density at radius 3 is 2.29 bits per heavy atom. The fourth-order valence-corrected chi connectivity index (χ4v) is 4.55. The zero-order valence-corrected chi connectivity index (χ0v) is 16.9. The monoisotopic (exact) mass is 427 g/mol. The van der Waals surface area contributed by atoms with E-state index in [0.717, 1.165) is 21.4 Å². The van der Waals surface area contributed by atoms with Crippen molar-refractivity contribution in [1.82, 2.24) is 4.57 Å². The minimum absolute atomic E-state index is 0.251. The van der Waals surface area contributed by atoms with Crippen LogP contribution in [0.25, 0.3) is 10.9 Å². The summed E-state index contributed by atoms with van der Waals surface area (Å²) in [5.74, 6) is -0.972. The largest absolute Gasteiger partial charge is 0.477 e. The van der Waals surface area contributed by atoms with Crippen LogP contribution in [-0.4, -0.2) is 15.6 Å². The van der Waals surface area contributed by atoms with E-state index in [2.05, 4.69) is 0 Å². The third-order valence-electron chi connectivity index (χ3n) is 4.40. The predicted octanol–water partition coefficient (Wildman–Crippen LogP) is 6.85. The van der Waals surface area contributed by atoms with Gasteiger partial charge in [-0.15, -0.1) is 0 Å². The molecule has 0 fully saturated rings. The SMILES string of the molecule is O=C(O)c1c(Sc2ccccc2)c2ccc(Cl)cc2n1Cc1ccc(Cl)cc1. The molecule has 4 rings (SSSR count). The van der Waals surface area contributed by atoms with Crippen molar-refractivity contribution in [3.8, 4) is 0 Å². The first-order chi connectivity index (χ1) is 13.5. The number of fused-ring (bicyclic) bond motifs is 1. The molecule has 0 unspecified atom stereocenters. The maximum atomic E-state index is 12.2. The fraction of sp³-hybridized carbons (Fsp3) is 0.0455. The first kappa shape index (κ1) is 18.9. The Balaban J connectivity index is 1.91. The van der Waals surface area contributed by atoms with Crippen LogP contribution in [0.1, 0.15) is 16.1 Å². The van der Waals surface area contributed by atoms with E-state index in [0.29, 0.717) is 21.5 Å². The lowest BCUT2D eigenvalue weighted by Crippen LogP contribution is -2.10. The molecule has 0 saturated carbocycles. The van der Waals surface area contributed by atoms with Crippen LogP contribution >= 0.6 is 35.0 Å². The first-order valence-electron chi connectivity index (χ1n) is 8.55. The number of aromatic nitrogens is 1. The molecule has 3 aromatic carbocycles. The summed E-state index contributed by atoms with van der Waals surface area (Å²) in [6, 6.07) is 22.6. The van der Waals surface area contributed by atoms with E-state index in [4.69, 9.17) is 23.2 Å². The van der Waals surface area contributed by atoms with Crippen molar-refractivity contribution in [1.29, 1.82) is 0 Å². The molecule has 28 heavy (non-hydrogen) atoms. The normalized spacial score (nSPS) is 11.1. The average molecular weight is 428 g/mol. The molecule has 0 aliphatic rings. The van der Waals surface area contributed by atoms with E-state index in [1.807, 2.05) is 54.6 Å². The summed E-state index contributed by atoms with van der Waals surface area (Å²) in [5.41, 5.74) is 2.00. The number of hydrogen-bond donors (Lipinski definition) is 1. The molecule has 0 spiro atoms. The lowest BCUT2D eigenvalue weighted by Gasteiger charge is -2.10. The number of hydrogen-bond acceptors (Lipinski definition) is 2. The molecule has 3 nitrogen and oxygen atoms in total. The van der Waals surface area contributed by atoms with Crippen LogP contribution in [0.15, 0.2) is 82.6 Å². The quantitative estimate of drug-likeness (QED) is 0.378. The van der Waals surface area contributed by atoms with Crippen LogP contribution in [0.2, 0.25) is 10.0 Å². The molecule has 1 N–H and O–H groups in total. The van der Waals surface area contributed by atoms with Crippen molar-refractivity contribution >= 4 is 51.8 Å². The van der Waals surface area contributed by atoms with Gasteiger partial charge in [0.15, 0.2) is 0 Å². The summed E-state index contributed by atoms with van der Waals surface area (Å²) >= 11 is 13.7. The van der Waals surface area contributed by atoms with Crippen molar-refractivity contribution in [2.45, 2.75) is 16.3 Å². The Hall–Kier alpha value is -2.40. The molecule has 0 bridgehead atoms. The number of rotatable bonds is 5. The number of carbonyl (C=O) groups is 1. The third-order valence-corrected chi connectivity index (χ3v) is 6.01. The molecule has 0 atom stereocenters. The van der Waals surface area contributed by atoms with Crippen molar-refractivity contribution in [2.75, 3.05) is 0 Å². The topological polar surface area (TPSA) is 42.2 Å².